The molecule has 5 heteroatoms. The maximum absolute atomic E-state index is 11.1. The zero-order valence-corrected chi connectivity index (χ0v) is 7.07. The summed E-state index contributed by atoms with van der Waals surface area (Å²) in [5.41, 5.74) is 8.10. The summed E-state index contributed by atoms with van der Waals surface area (Å²) < 4.78 is 4.49. The van der Waals surface area contributed by atoms with Gasteiger partial charge in [0.2, 0.25) is 0 Å². The number of carbonyl (C=O) groups is 1. The van der Waals surface area contributed by atoms with Gasteiger partial charge in [0.15, 0.2) is 0 Å². The van der Waals surface area contributed by atoms with Gasteiger partial charge in [-0.1, -0.05) is 6.07 Å². The molecule has 70 valence electrons. The Morgan fingerprint density at radius 3 is 2.85 bits per heavy atom. The molecule has 0 bridgehead atoms. The molecular weight excluding hydrogens is 172 g/mol. The largest absolute Gasteiger partial charge is 0.465 e. The summed E-state index contributed by atoms with van der Waals surface area (Å²) >= 11 is 0. The van der Waals surface area contributed by atoms with E-state index in [4.69, 9.17) is 10.9 Å². The van der Waals surface area contributed by atoms with Gasteiger partial charge in [-0.25, -0.2) is 4.79 Å². The van der Waals surface area contributed by atoms with Crippen molar-refractivity contribution in [1.82, 2.24) is 0 Å². The van der Waals surface area contributed by atoms with Gasteiger partial charge in [0.1, 0.15) is 0 Å². The lowest BCUT2D eigenvalue weighted by Crippen LogP contribution is -2.07. The number of hydrogen-bond acceptors (Lipinski definition) is 5. The van der Waals surface area contributed by atoms with Crippen LogP contribution >= 0.6 is 0 Å². The van der Waals surface area contributed by atoms with Crippen LogP contribution in [0.25, 0.3) is 0 Å². The summed E-state index contributed by atoms with van der Waals surface area (Å²) in [4.78, 5) is 11.1. The van der Waals surface area contributed by atoms with Crippen molar-refractivity contribution in [2.45, 2.75) is 0 Å². The fourth-order valence-electron chi connectivity index (χ4n) is 0.951. The van der Waals surface area contributed by atoms with Gasteiger partial charge in [-0.05, 0) is 12.1 Å². The summed E-state index contributed by atoms with van der Waals surface area (Å²) in [5.74, 6) is -0.533. The minimum absolute atomic E-state index is 0.164. The third kappa shape index (κ3) is 1.70. The second-order valence-corrected chi connectivity index (χ2v) is 2.37. The number of esters is 1. The number of nitrogens with two attached hydrogens (primary N) is 1. The Morgan fingerprint density at radius 2 is 2.31 bits per heavy atom. The van der Waals surface area contributed by atoms with E-state index in [1.165, 1.54) is 13.2 Å². The number of anilines is 2. The first kappa shape index (κ1) is 9.34. The van der Waals surface area contributed by atoms with E-state index in [2.05, 4.69) is 4.74 Å². The lowest BCUT2D eigenvalue weighted by molar-refractivity contribution is 0.0602. The van der Waals surface area contributed by atoms with E-state index in [1.807, 2.05) is 5.48 Å². The van der Waals surface area contributed by atoms with Crippen molar-refractivity contribution in [2.24, 2.45) is 0 Å². The lowest BCUT2D eigenvalue weighted by atomic mass is 10.1. The molecule has 13 heavy (non-hydrogen) atoms. The van der Waals surface area contributed by atoms with Crippen LogP contribution in [-0.2, 0) is 4.74 Å². The molecule has 0 heterocycles. The highest BCUT2D eigenvalue weighted by molar-refractivity contribution is 5.98. The molecular formula is C8H10N2O3. The second-order valence-electron chi connectivity index (χ2n) is 2.37. The highest BCUT2D eigenvalue weighted by Gasteiger charge is 2.11. The van der Waals surface area contributed by atoms with E-state index in [0.717, 1.165) is 0 Å². The van der Waals surface area contributed by atoms with Crippen LogP contribution in [0.2, 0.25) is 0 Å². The Balaban J connectivity index is 3.15. The van der Waals surface area contributed by atoms with Crippen molar-refractivity contribution < 1.29 is 14.7 Å². The molecule has 0 aliphatic heterocycles. The minimum atomic E-state index is -0.533. The number of ether oxygens (including phenoxy) is 1. The van der Waals surface area contributed by atoms with Gasteiger partial charge in [0.05, 0.1) is 24.0 Å². The molecule has 5 nitrogen and oxygen atoms in total. The number of carbonyl (C=O) groups excluding carboxylic acids is 1. The first-order valence-corrected chi connectivity index (χ1v) is 3.57. The fraction of sp³-hybridized carbons (Fsp3) is 0.125. The van der Waals surface area contributed by atoms with Crippen LogP contribution in [0.4, 0.5) is 11.4 Å². The summed E-state index contributed by atoms with van der Waals surface area (Å²) in [7, 11) is 1.26. The van der Waals surface area contributed by atoms with E-state index in [-0.39, 0.29) is 16.9 Å². The van der Waals surface area contributed by atoms with Crippen molar-refractivity contribution >= 4 is 17.3 Å². The average Bonchev–Trinajstić information content (AvgIpc) is 2.17. The zero-order valence-electron chi connectivity index (χ0n) is 7.07. The Morgan fingerprint density at radius 1 is 1.62 bits per heavy atom. The molecule has 0 atom stereocenters. The molecule has 0 saturated carbocycles. The zero-order chi connectivity index (χ0) is 9.84. The van der Waals surface area contributed by atoms with E-state index in [1.54, 1.807) is 12.1 Å². The van der Waals surface area contributed by atoms with Crippen molar-refractivity contribution in [3.05, 3.63) is 23.8 Å². The highest BCUT2D eigenvalue weighted by atomic mass is 16.5. The van der Waals surface area contributed by atoms with Gasteiger partial charge in [0.25, 0.3) is 0 Å². The molecule has 0 aromatic heterocycles. The van der Waals surface area contributed by atoms with Crippen LogP contribution in [-0.4, -0.2) is 18.3 Å². The fourth-order valence-corrected chi connectivity index (χ4v) is 0.951. The molecule has 0 aliphatic carbocycles. The number of nitrogens with one attached hydrogen (secondary N) is 1. The molecule has 4 N–H and O–H groups in total. The summed E-state index contributed by atoms with van der Waals surface area (Å²) in [6.07, 6.45) is 0. The second kappa shape index (κ2) is 3.77. The number of rotatable bonds is 2. The molecule has 1 rings (SSSR count). The van der Waals surface area contributed by atoms with E-state index in [9.17, 15) is 4.79 Å². The predicted molar refractivity (Wildman–Crippen MR) is 47.6 cm³/mol. The molecule has 0 radical (unpaired) electrons. The van der Waals surface area contributed by atoms with Crippen LogP contribution in [0.5, 0.6) is 0 Å². The number of benzene rings is 1. The van der Waals surface area contributed by atoms with Gasteiger partial charge in [-0.2, -0.15) is 0 Å². The lowest BCUT2D eigenvalue weighted by Gasteiger charge is -2.07. The van der Waals surface area contributed by atoms with Gasteiger partial charge >= 0.3 is 5.97 Å². The average molecular weight is 182 g/mol. The van der Waals surface area contributed by atoms with Gasteiger partial charge < -0.3 is 10.5 Å². The van der Waals surface area contributed by atoms with E-state index >= 15 is 0 Å². The van der Waals surface area contributed by atoms with Gasteiger partial charge in [-0.15, -0.1) is 0 Å². The molecule has 0 aliphatic rings. The van der Waals surface area contributed by atoms with Gasteiger partial charge in [-0.3, -0.25) is 10.7 Å². The van der Waals surface area contributed by atoms with E-state index in [0.29, 0.717) is 0 Å². The Kier molecular flexibility index (Phi) is 2.71. The monoisotopic (exact) mass is 182 g/mol. The molecule has 0 spiro atoms. The minimum Gasteiger partial charge on any atom is -0.465 e. The van der Waals surface area contributed by atoms with Crippen LogP contribution in [0.3, 0.4) is 0 Å². The first-order valence-electron chi connectivity index (χ1n) is 3.57. The maximum Gasteiger partial charge on any atom is 0.340 e. The predicted octanol–water partition coefficient (Wildman–Crippen LogP) is 0.856. The summed E-state index contributed by atoms with van der Waals surface area (Å²) in [6.45, 7) is 0. The highest BCUT2D eigenvalue weighted by Crippen LogP contribution is 2.22. The smallest absolute Gasteiger partial charge is 0.340 e. The van der Waals surface area contributed by atoms with Crippen LogP contribution in [0.15, 0.2) is 18.2 Å². The molecule has 0 amide bonds. The number of nitrogen functional groups attached to an aromatic ring is 1. The third-order valence-electron chi connectivity index (χ3n) is 1.63. The standard InChI is InChI=1S/C8H10N2O3/c1-13-8(11)5-3-2-4-6(10-12)7(5)9/h2-4,10,12H,9H2,1H3. The quantitative estimate of drug-likeness (QED) is 0.359. The number of methoxy groups -OCH3 is 1. The van der Waals surface area contributed by atoms with Crippen LogP contribution in [0, 0.1) is 0 Å². The molecule has 1 aromatic rings. The van der Waals surface area contributed by atoms with Crippen molar-refractivity contribution in [2.75, 3.05) is 18.3 Å². The Hall–Kier alpha value is -1.75. The molecule has 0 fully saturated rings. The topological polar surface area (TPSA) is 84.6 Å². The molecule has 0 saturated heterocycles. The number of hydrogen-bond donors (Lipinski definition) is 3. The summed E-state index contributed by atoms with van der Waals surface area (Å²) in [6, 6.07) is 4.64. The summed E-state index contributed by atoms with van der Waals surface area (Å²) in [5, 5.41) is 8.62. The van der Waals surface area contributed by atoms with Gasteiger partial charge in [0, 0.05) is 0 Å². The van der Waals surface area contributed by atoms with Crippen LogP contribution in [0.1, 0.15) is 10.4 Å². The normalized spacial score (nSPS) is 9.38. The first-order chi connectivity index (χ1) is 6.20. The molecule has 1 aromatic carbocycles. The van der Waals surface area contributed by atoms with Crippen molar-refractivity contribution in [3.8, 4) is 0 Å². The van der Waals surface area contributed by atoms with Crippen LogP contribution < -0.4 is 11.2 Å². The molecule has 0 unspecified atom stereocenters. The Labute approximate surface area is 75.1 Å². The Bertz CT molecular complexity index is 325. The van der Waals surface area contributed by atoms with Crippen molar-refractivity contribution in [1.29, 1.82) is 0 Å². The van der Waals surface area contributed by atoms with Crippen molar-refractivity contribution in [3.63, 3.8) is 0 Å². The number of para-hydroxylation sites is 1. The van der Waals surface area contributed by atoms with E-state index < -0.39 is 5.97 Å². The maximum atomic E-state index is 11.1. The SMILES string of the molecule is COC(=O)c1cccc(NO)c1N. The third-order valence-corrected chi connectivity index (χ3v) is 1.63.